The molecule has 0 unspecified atom stereocenters. The van der Waals surface area contributed by atoms with Crippen molar-refractivity contribution in [1.82, 2.24) is 0 Å². The second-order valence-electron chi connectivity index (χ2n) is 9.32. The molecule has 5 aromatic carbocycles. The number of benzene rings is 5. The van der Waals surface area contributed by atoms with Gasteiger partial charge in [-0.05, 0) is 75.7 Å². The lowest BCUT2D eigenvalue weighted by Crippen LogP contribution is -2.10. The minimum atomic E-state index is -3.81. The molecule has 1 aliphatic rings. The number of fused-ring (bicyclic) bond motifs is 4. The third-order valence-corrected chi connectivity index (χ3v) is 8.40. The summed E-state index contributed by atoms with van der Waals surface area (Å²) in [7, 11) is -3.81. The molecule has 0 saturated carbocycles. The van der Waals surface area contributed by atoms with Gasteiger partial charge in [-0.2, -0.15) is 8.42 Å². The maximum absolute atomic E-state index is 12.8. The zero-order valence-corrected chi connectivity index (χ0v) is 20.8. The summed E-state index contributed by atoms with van der Waals surface area (Å²) in [5.41, 5.74) is 8.31. The van der Waals surface area contributed by atoms with E-state index in [9.17, 15) is 8.42 Å². The standard InChI is InChI=1S/C32H26O3S/c1-22-15-17-25(18-16-22)36(33,34)35-20-19-28-27-13-7-8-14-29(27)32-30(28)21-24-11-5-6-12-26(24)31(32)23-9-3-2-4-10-23/h2-18,21,28H,19-20H2,1H3/t28-/m1/s1. The first-order valence-corrected chi connectivity index (χ1v) is 13.6. The van der Waals surface area contributed by atoms with Gasteiger partial charge in [-0.3, -0.25) is 4.18 Å². The van der Waals surface area contributed by atoms with Crippen LogP contribution in [0.15, 0.2) is 114 Å². The summed E-state index contributed by atoms with van der Waals surface area (Å²) in [6.07, 6.45) is 0.571. The topological polar surface area (TPSA) is 43.4 Å². The van der Waals surface area contributed by atoms with Gasteiger partial charge in [0.1, 0.15) is 0 Å². The van der Waals surface area contributed by atoms with E-state index in [0.29, 0.717) is 6.42 Å². The molecule has 0 aliphatic heterocycles. The van der Waals surface area contributed by atoms with Gasteiger partial charge in [-0.15, -0.1) is 0 Å². The molecule has 6 rings (SSSR count). The molecule has 0 saturated heterocycles. The zero-order chi connectivity index (χ0) is 24.7. The molecule has 0 N–H and O–H groups in total. The molecule has 0 heterocycles. The molecule has 178 valence electrons. The van der Waals surface area contributed by atoms with Gasteiger partial charge in [-0.25, -0.2) is 0 Å². The Labute approximate surface area is 212 Å². The lowest BCUT2D eigenvalue weighted by molar-refractivity contribution is 0.306. The van der Waals surface area contributed by atoms with E-state index in [1.54, 1.807) is 24.3 Å². The number of hydrogen-bond donors (Lipinski definition) is 0. The Balaban J connectivity index is 1.42. The van der Waals surface area contributed by atoms with Crippen molar-refractivity contribution in [2.24, 2.45) is 0 Å². The van der Waals surface area contributed by atoms with Gasteiger partial charge in [0, 0.05) is 5.92 Å². The fourth-order valence-corrected chi connectivity index (χ4v) is 6.32. The van der Waals surface area contributed by atoms with Crippen LogP contribution in [0.3, 0.4) is 0 Å². The van der Waals surface area contributed by atoms with Gasteiger partial charge in [-0.1, -0.05) is 96.6 Å². The van der Waals surface area contributed by atoms with Gasteiger partial charge in [0.2, 0.25) is 0 Å². The average molecular weight is 491 g/mol. The Kier molecular flexibility index (Phi) is 5.71. The van der Waals surface area contributed by atoms with Gasteiger partial charge in [0.15, 0.2) is 0 Å². The molecule has 1 aliphatic carbocycles. The maximum Gasteiger partial charge on any atom is 0.296 e. The van der Waals surface area contributed by atoms with Crippen molar-refractivity contribution in [1.29, 1.82) is 0 Å². The van der Waals surface area contributed by atoms with E-state index in [2.05, 4.69) is 78.9 Å². The molecular weight excluding hydrogens is 464 g/mol. The second-order valence-corrected chi connectivity index (χ2v) is 10.9. The normalized spacial score (nSPS) is 14.5. The molecule has 36 heavy (non-hydrogen) atoms. The van der Waals surface area contributed by atoms with Crippen molar-refractivity contribution in [2.75, 3.05) is 6.61 Å². The molecule has 5 aromatic rings. The molecule has 0 fully saturated rings. The van der Waals surface area contributed by atoms with E-state index in [1.807, 2.05) is 13.0 Å². The van der Waals surface area contributed by atoms with Crippen LogP contribution in [0.25, 0.3) is 33.0 Å². The molecule has 4 heteroatoms. The molecule has 3 nitrogen and oxygen atoms in total. The van der Waals surface area contributed by atoms with E-state index < -0.39 is 10.1 Å². The number of aryl methyl sites for hydroxylation is 1. The predicted molar refractivity (Wildman–Crippen MR) is 146 cm³/mol. The van der Waals surface area contributed by atoms with Crippen molar-refractivity contribution in [3.63, 3.8) is 0 Å². The fourth-order valence-electron chi connectivity index (χ4n) is 5.39. The van der Waals surface area contributed by atoms with Crippen LogP contribution in [0.5, 0.6) is 0 Å². The van der Waals surface area contributed by atoms with Crippen molar-refractivity contribution < 1.29 is 12.6 Å². The number of rotatable bonds is 6. The maximum atomic E-state index is 12.8. The smallest absolute Gasteiger partial charge is 0.266 e. The molecular formula is C32H26O3S. The Morgan fingerprint density at radius 1 is 0.722 bits per heavy atom. The summed E-state index contributed by atoms with van der Waals surface area (Å²) in [4.78, 5) is 0.192. The van der Waals surface area contributed by atoms with E-state index in [0.717, 1.165) is 5.56 Å². The Hall–Kier alpha value is -3.73. The summed E-state index contributed by atoms with van der Waals surface area (Å²) >= 11 is 0. The van der Waals surface area contributed by atoms with Crippen LogP contribution in [0.4, 0.5) is 0 Å². The first-order valence-electron chi connectivity index (χ1n) is 12.2. The summed E-state index contributed by atoms with van der Waals surface area (Å²) in [6.45, 7) is 2.04. The quantitative estimate of drug-likeness (QED) is 0.229. The minimum Gasteiger partial charge on any atom is -0.266 e. The summed E-state index contributed by atoms with van der Waals surface area (Å²) < 4.78 is 31.1. The van der Waals surface area contributed by atoms with Crippen LogP contribution in [0, 0.1) is 6.92 Å². The first kappa shape index (κ1) is 22.7. The molecule has 1 atom stereocenters. The molecule has 0 aromatic heterocycles. The van der Waals surface area contributed by atoms with Gasteiger partial charge < -0.3 is 0 Å². The molecule has 0 radical (unpaired) electrons. The van der Waals surface area contributed by atoms with Crippen LogP contribution >= 0.6 is 0 Å². The lowest BCUT2D eigenvalue weighted by atomic mass is 9.87. The molecule has 0 amide bonds. The van der Waals surface area contributed by atoms with Crippen molar-refractivity contribution >= 4 is 20.9 Å². The van der Waals surface area contributed by atoms with Crippen molar-refractivity contribution in [3.8, 4) is 22.3 Å². The fraction of sp³-hybridized carbons (Fsp3) is 0.125. The molecule has 0 bridgehead atoms. The van der Waals surface area contributed by atoms with Crippen LogP contribution in [0.2, 0.25) is 0 Å². The Morgan fingerprint density at radius 3 is 2.22 bits per heavy atom. The minimum absolute atomic E-state index is 0.0523. The SMILES string of the molecule is Cc1ccc(S(=O)(=O)OCC[C@@H]2c3ccccc3-c3c2cc2ccccc2c3-c2ccccc2)cc1. The highest BCUT2D eigenvalue weighted by Crippen LogP contribution is 2.52. The van der Waals surface area contributed by atoms with E-state index in [4.69, 9.17) is 4.18 Å². The second kappa shape index (κ2) is 9.05. The van der Waals surface area contributed by atoms with Gasteiger partial charge in [0.05, 0.1) is 11.5 Å². The van der Waals surface area contributed by atoms with Crippen LogP contribution in [0.1, 0.15) is 29.0 Å². The highest BCUT2D eigenvalue weighted by atomic mass is 32.2. The van der Waals surface area contributed by atoms with Crippen molar-refractivity contribution in [2.45, 2.75) is 24.2 Å². The van der Waals surface area contributed by atoms with Crippen molar-refractivity contribution in [3.05, 3.63) is 126 Å². The zero-order valence-electron chi connectivity index (χ0n) is 20.0. The largest absolute Gasteiger partial charge is 0.296 e. The van der Waals surface area contributed by atoms with Crippen LogP contribution < -0.4 is 0 Å². The molecule has 0 spiro atoms. The average Bonchev–Trinajstić information content (AvgIpc) is 3.21. The Bertz CT molecular complexity index is 1670. The highest BCUT2D eigenvalue weighted by Gasteiger charge is 2.32. The monoisotopic (exact) mass is 490 g/mol. The van der Waals surface area contributed by atoms with Crippen LogP contribution in [-0.4, -0.2) is 15.0 Å². The lowest BCUT2D eigenvalue weighted by Gasteiger charge is -2.17. The summed E-state index contributed by atoms with van der Waals surface area (Å²) in [5.74, 6) is 0.0523. The third kappa shape index (κ3) is 3.93. The number of hydrogen-bond acceptors (Lipinski definition) is 3. The summed E-state index contributed by atoms with van der Waals surface area (Å²) in [6, 6.07) is 36.5. The Morgan fingerprint density at radius 2 is 1.42 bits per heavy atom. The van der Waals surface area contributed by atoms with Gasteiger partial charge in [0.25, 0.3) is 10.1 Å². The first-order chi connectivity index (χ1) is 17.5. The van der Waals surface area contributed by atoms with E-state index in [1.165, 1.54) is 44.2 Å². The van der Waals surface area contributed by atoms with E-state index >= 15 is 0 Å². The van der Waals surface area contributed by atoms with Crippen LogP contribution in [-0.2, 0) is 14.3 Å². The summed E-state index contributed by atoms with van der Waals surface area (Å²) in [5, 5.41) is 2.40. The van der Waals surface area contributed by atoms with Gasteiger partial charge >= 0.3 is 0 Å². The predicted octanol–water partition coefficient (Wildman–Crippen LogP) is 7.72. The van der Waals surface area contributed by atoms with E-state index in [-0.39, 0.29) is 17.4 Å². The highest BCUT2D eigenvalue weighted by molar-refractivity contribution is 7.86. The third-order valence-electron chi connectivity index (χ3n) is 7.08.